The smallest absolute Gasteiger partial charge is 0.267 e. The fraction of sp³-hybridized carbons (Fsp3) is 0.0455. The topological polar surface area (TPSA) is 144 Å². The van der Waals surface area contributed by atoms with Gasteiger partial charge in [-0.2, -0.15) is 5.01 Å². The van der Waals surface area contributed by atoms with E-state index in [4.69, 9.17) is 0 Å². The van der Waals surface area contributed by atoms with Gasteiger partial charge in [-0.25, -0.2) is 9.40 Å². The number of hydrazine groups is 1. The van der Waals surface area contributed by atoms with Gasteiger partial charge in [-0.1, -0.05) is 36.4 Å². The lowest BCUT2D eigenvalue weighted by molar-refractivity contribution is -0.385. The van der Waals surface area contributed by atoms with E-state index in [1.807, 2.05) is 0 Å². The van der Waals surface area contributed by atoms with Gasteiger partial charge in [0.15, 0.2) is 0 Å². The number of fused-ring (bicyclic) bond motifs is 1. The number of nitro groups is 2. The number of hydrogen-bond donors (Lipinski definition) is 0. The van der Waals surface area contributed by atoms with Crippen molar-refractivity contribution in [1.29, 1.82) is 0 Å². The van der Waals surface area contributed by atoms with Crippen molar-refractivity contribution in [1.82, 2.24) is 10.0 Å². The predicted octanol–water partition coefficient (Wildman–Crippen LogP) is 3.50. The molecule has 1 aliphatic heterocycles. The Morgan fingerprint density at radius 1 is 0.853 bits per heavy atom. The molecule has 0 saturated carbocycles. The summed E-state index contributed by atoms with van der Waals surface area (Å²) in [5, 5.41) is 23.8. The highest BCUT2D eigenvalue weighted by Gasteiger charge is 2.46. The van der Waals surface area contributed by atoms with E-state index in [9.17, 15) is 39.0 Å². The van der Waals surface area contributed by atoms with Crippen molar-refractivity contribution < 1.29 is 28.6 Å². The molecule has 0 radical (unpaired) electrons. The third-order valence-electron chi connectivity index (χ3n) is 5.15. The van der Waals surface area contributed by atoms with Crippen LogP contribution in [-0.2, 0) is 6.54 Å². The molecule has 0 aromatic heterocycles. The zero-order chi connectivity index (χ0) is 24.6. The molecule has 12 heteroatoms. The number of carbonyl (C=O) groups excluding carboxylic acids is 3. The van der Waals surface area contributed by atoms with Crippen LogP contribution < -0.4 is 0 Å². The van der Waals surface area contributed by atoms with Crippen LogP contribution in [0.2, 0.25) is 0 Å². The van der Waals surface area contributed by atoms with Crippen molar-refractivity contribution in [2.24, 2.45) is 0 Å². The molecule has 4 rings (SSSR count). The maximum absolute atomic E-state index is 14.4. The zero-order valence-corrected chi connectivity index (χ0v) is 17.1. The number of nitro benzene ring substituents is 2. The third-order valence-corrected chi connectivity index (χ3v) is 5.15. The molecule has 3 amide bonds. The molecule has 0 spiro atoms. The molecule has 0 aliphatic carbocycles. The van der Waals surface area contributed by atoms with Crippen molar-refractivity contribution >= 4 is 29.1 Å². The van der Waals surface area contributed by atoms with Crippen LogP contribution in [-0.4, -0.2) is 37.6 Å². The monoisotopic (exact) mass is 464 g/mol. The van der Waals surface area contributed by atoms with Crippen LogP contribution in [0, 0.1) is 26.0 Å². The van der Waals surface area contributed by atoms with E-state index in [0.717, 1.165) is 24.3 Å². The van der Waals surface area contributed by atoms with Crippen LogP contribution in [0.4, 0.5) is 15.8 Å². The van der Waals surface area contributed by atoms with Crippen LogP contribution in [0.5, 0.6) is 0 Å². The average Bonchev–Trinajstić information content (AvgIpc) is 3.08. The summed E-state index contributed by atoms with van der Waals surface area (Å²) in [4.78, 5) is 61.0. The van der Waals surface area contributed by atoms with E-state index in [1.165, 1.54) is 42.5 Å². The second-order valence-corrected chi connectivity index (χ2v) is 7.11. The van der Waals surface area contributed by atoms with E-state index in [-0.39, 0.29) is 11.1 Å². The van der Waals surface area contributed by atoms with Crippen molar-refractivity contribution in [3.63, 3.8) is 0 Å². The van der Waals surface area contributed by atoms with Crippen LogP contribution in [0.3, 0.4) is 0 Å². The summed E-state index contributed by atoms with van der Waals surface area (Å²) >= 11 is 0. The van der Waals surface area contributed by atoms with Crippen molar-refractivity contribution in [3.05, 3.63) is 115 Å². The van der Waals surface area contributed by atoms with Gasteiger partial charge >= 0.3 is 0 Å². The lowest BCUT2D eigenvalue weighted by Crippen LogP contribution is -2.49. The van der Waals surface area contributed by atoms with Crippen LogP contribution in [0.15, 0.2) is 66.7 Å². The number of hydrogen-bond acceptors (Lipinski definition) is 7. The first-order chi connectivity index (χ1) is 16.2. The number of rotatable bonds is 6. The Kier molecular flexibility index (Phi) is 5.55. The number of amides is 3. The summed E-state index contributed by atoms with van der Waals surface area (Å²) in [6.45, 7) is -0.656. The van der Waals surface area contributed by atoms with Gasteiger partial charge in [0, 0.05) is 17.7 Å². The molecule has 0 atom stereocenters. The highest BCUT2D eigenvalue weighted by Crippen LogP contribution is 2.33. The lowest BCUT2D eigenvalue weighted by atomic mass is 10.1. The fourth-order valence-corrected chi connectivity index (χ4v) is 3.60. The molecular formula is C22H13FN4O7. The minimum atomic E-state index is -1.18. The Morgan fingerprint density at radius 3 is 2.15 bits per heavy atom. The van der Waals surface area contributed by atoms with E-state index >= 15 is 0 Å². The maximum atomic E-state index is 14.4. The molecule has 0 unspecified atom stereocenters. The molecule has 0 saturated heterocycles. The Labute approximate surface area is 189 Å². The minimum Gasteiger partial charge on any atom is -0.267 e. The summed E-state index contributed by atoms with van der Waals surface area (Å²) in [7, 11) is 0. The summed E-state index contributed by atoms with van der Waals surface area (Å²) < 4.78 is 14.4. The Bertz CT molecular complexity index is 1390. The molecule has 0 fully saturated rings. The lowest BCUT2D eigenvalue weighted by Gasteiger charge is -2.30. The minimum absolute atomic E-state index is 0.0968. The summed E-state index contributed by atoms with van der Waals surface area (Å²) in [5.41, 5.74) is -2.68. The van der Waals surface area contributed by atoms with Gasteiger partial charge in [0.2, 0.25) is 0 Å². The van der Waals surface area contributed by atoms with Crippen molar-refractivity contribution in [2.45, 2.75) is 6.54 Å². The molecule has 0 N–H and O–H groups in total. The Balaban J connectivity index is 1.87. The standard InChI is InChI=1S/C22H13FN4O7/c23-16-9-3-1-6-13(16)12-24(20(28)14-7-2-4-10-17(14)26(31)32)25-21(29)15-8-5-11-18(27(33)34)19(15)22(25)30/h1-11H,12H2. The number of para-hydroxylation sites is 1. The second-order valence-electron chi connectivity index (χ2n) is 7.11. The van der Waals surface area contributed by atoms with E-state index in [0.29, 0.717) is 10.0 Å². The zero-order valence-electron chi connectivity index (χ0n) is 17.1. The van der Waals surface area contributed by atoms with Crippen LogP contribution in [0.1, 0.15) is 36.6 Å². The molecule has 3 aromatic rings. The molecule has 34 heavy (non-hydrogen) atoms. The summed E-state index contributed by atoms with van der Waals surface area (Å²) in [5.74, 6) is -4.15. The second kappa shape index (κ2) is 8.50. The number of carbonyl (C=O) groups is 3. The van der Waals surface area contributed by atoms with Gasteiger partial charge in [0.1, 0.15) is 16.9 Å². The SMILES string of the molecule is O=C(c1ccccc1[N+](=O)[O-])N(Cc1ccccc1F)N1C(=O)c2cccc([N+](=O)[O-])c2C1=O. The summed E-state index contributed by atoms with van der Waals surface area (Å²) in [6.07, 6.45) is 0. The highest BCUT2D eigenvalue weighted by molar-refractivity contribution is 6.23. The molecule has 1 aliphatic rings. The number of halogens is 1. The van der Waals surface area contributed by atoms with Gasteiger partial charge in [-0.15, -0.1) is 0 Å². The third kappa shape index (κ3) is 3.62. The van der Waals surface area contributed by atoms with Crippen molar-refractivity contribution in [2.75, 3.05) is 0 Å². The largest absolute Gasteiger partial charge is 0.287 e. The summed E-state index contributed by atoms with van der Waals surface area (Å²) in [6, 6.07) is 13.5. The molecule has 0 bridgehead atoms. The van der Waals surface area contributed by atoms with Gasteiger partial charge in [-0.3, -0.25) is 34.6 Å². The van der Waals surface area contributed by atoms with Crippen LogP contribution in [0.25, 0.3) is 0 Å². The molecular weight excluding hydrogens is 451 g/mol. The number of imide groups is 1. The van der Waals surface area contributed by atoms with Gasteiger partial charge in [0.05, 0.1) is 22.0 Å². The van der Waals surface area contributed by atoms with Crippen LogP contribution >= 0.6 is 0 Å². The molecule has 170 valence electrons. The van der Waals surface area contributed by atoms with Gasteiger partial charge < -0.3 is 0 Å². The highest BCUT2D eigenvalue weighted by atomic mass is 19.1. The number of benzene rings is 3. The molecule has 1 heterocycles. The first-order valence-electron chi connectivity index (χ1n) is 9.67. The molecule has 3 aromatic carbocycles. The van der Waals surface area contributed by atoms with E-state index in [1.54, 1.807) is 0 Å². The first kappa shape index (κ1) is 22.2. The predicted molar refractivity (Wildman–Crippen MR) is 113 cm³/mol. The van der Waals surface area contributed by atoms with Crippen molar-refractivity contribution in [3.8, 4) is 0 Å². The van der Waals surface area contributed by atoms with E-state index in [2.05, 4.69) is 0 Å². The average molecular weight is 464 g/mol. The number of nitrogens with zero attached hydrogens (tertiary/aromatic N) is 4. The fourth-order valence-electron chi connectivity index (χ4n) is 3.60. The Hall–Kier alpha value is -5.00. The maximum Gasteiger partial charge on any atom is 0.287 e. The quantitative estimate of drug-likeness (QED) is 0.308. The Morgan fingerprint density at radius 2 is 1.47 bits per heavy atom. The van der Waals surface area contributed by atoms with E-state index < -0.39 is 62.4 Å². The normalized spacial score (nSPS) is 12.4. The molecule has 11 nitrogen and oxygen atoms in total. The van der Waals surface area contributed by atoms with Gasteiger partial charge in [0.25, 0.3) is 29.1 Å². The first-order valence-corrected chi connectivity index (χ1v) is 9.67. The van der Waals surface area contributed by atoms with Gasteiger partial charge in [-0.05, 0) is 18.2 Å².